The Kier molecular flexibility index (Phi) is 3.88. The monoisotopic (exact) mass is 330 g/mol. The van der Waals surface area contributed by atoms with Crippen molar-refractivity contribution < 1.29 is 9.53 Å². The van der Waals surface area contributed by atoms with Crippen molar-refractivity contribution in [3.8, 4) is 5.75 Å². The molecular weight excluding hydrogens is 316 g/mol. The van der Waals surface area contributed by atoms with Crippen molar-refractivity contribution in [3.63, 3.8) is 0 Å². The minimum atomic E-state index is 0.109. The average Bonchev–Trinajstić information content (AvgIpc) is 3.25. The van der Waals surface area contributed by atoms with E-state index in [0.29, 0.717) is 18.1 Å². The van der Waals surface area contributed by atoms with Gasteiger partial charge in [-0.3, -0.25) is 4.79 Å². The Morgan fingerprint density at radius 2 is 1.95 bits per heavy atom. The maximum absolute atomic E-state index is 12.3. The predicted molar refractivity (Wildman–Crippen MR) is 82.3 cm³/mol. The van der Waals surface area contributed by atoms with Gasteiger partial charge < -0.3 is 4.74 Å². The van der Waals surface area contributed by atoms with Crippen LogP contribution in [-0.4, -0.2) is 11.9 Å². The van der Waals surface area contributed by atoms with Gasteiger partial charge in [-0.2, -0.15) is 0 Å². The highest BCUT2D eigenvalue weighted by Crippen LogP contribution is 2.27. The summed E-state index contributed by atoms with van der Waals surface area (Å²) in [6.45, 7) is 0. The molecule has 0 aromatic heterocycles. The van der Waals surface area contributed by atoms with Gasteiger partial charge in [0.25, 0.3) is 0 Å². The van der Waals surface area contributed by atoms with E-state index in [0.717, 1.165) is 28.6 Å². The molecule has 0 atom stereocenters. The van der Waals surface area contributed by atoms with E-state index in [4.69, 9.17) is 4.74 Å². The number of hydrogen-bond donors (Lipinski definition) is 0. The fourth-order valence-electron chi connectivity index (χ4n) is 2.04. The first-order chi connectivity index (χ1) is 9.72. The highest BCUT2D eigenvalue weighted by molar-refractivity contribution is 9.10. The third kappa shape index (κ3) is 3.28. The molecule has 3 rings (SSSR count). The standard InChI is InChI=1S/C17H15BrO2/c18-16-7-2-1-4-12(16)11-17(19)13-5-3-6-15(10-13)20-14-8-9-14/h1-7,10,14H,8-9,11H2. The number of hydrogen-bond acceptors (Lipinski definition) is 2. The fourth-order valence-corrected chi connectivity index (χ4v) is 2.46. The molecule has 0 amide bonds. The van der Waals surface area contributed by atoms with Crippen LogP contribution in [0.1, 0.15) is 28.8 Å². The summed E-state index contributed by atoms with van der Waals surface area (Å²) in [4.78, 5) is 12.3. The zero-order chi connectivity index (χ0) is 13.9. The van der Waals surface area contributed by atoms with Crippen LogP contribution in [-0.2, 0) is 6.42 Å². The van der Waals surface area contributed by atoms with Gasteiger partial charge in [-0.15, -0.1) is 0 Å². The highest BCUT2D eigenvalue weighted by Gasteiger charge is 2.23. The molecule has 0 bridgehead atoms. The lowest BCUT2D eigenvalue weighted by Gasteiger charge is -2.07. The van der Waals surface area contributed by atoms with Crippen LogP contribution >= 0.6 is 15.9 Å². The first kappa shape index (κ1) is 13.4. The minimum absolute atomic E-state index is 0.109. The van der Waals surface area contributed by atoms with Gasteiger partial charge in [0.05, 0.1) is 6.10 Å². The van der Waals surface area contributed by atoms with Crippen LogP contribution in [0.25, 0.3) is 0 Å². The van der Waals surface area contributed by atoms with Gasteiger partial charge in [0.15, 0.2) is 5.78 Å². The van der Waals surface area contributed by atoms with Crippen LogP contribution < -0.4 is 4.74 Å². The van der Waals surface area contributed by atoms with Crippen LogP contribution in [0.2, 0.25) is 0 Å². The van der Waals surface area contributed by atoms with E-state index in [1.807, 2.05) is 48.5 Å². The lowest BCUT2D eigenvalue weighted by molar-refractivity contribution is 0.0992. The van der Waals surface area contributed by atoms with E-state index in [1.165, 1.54) is 0 Å². The van der Waals surface area contributed by atoms with Gasteiger partial charge in [-0.05, 0) is 36.6 Å². The van der Waals surface area contributed by atoms with Crippen LogP contribution in [0.3, 0.4) is 0 Å². The van der Waals surface area contributed by atoms with Crippen molar-refractivity contribution in [1.82, 2.24) is 0 Å². The molecule has 20 heavy (non-hydrogen) atoms. The van der Waals surface area contributed by atoms with Crippen molar-refractivity contribution in [2.45, 2.75) is 25.4 Å². The number of ketones is 1. The Labute approximate surface area is 126 Å². The van der Waals surface area contributed by atoms with E-state index >= 15 is 0 Å². The van der Waals surface area contributed by atoms with Crippen LogP contribution in [0.15, 0.2) is 53.0 Å². The Morgan fingerprint density at radius 1 is 1.15 bits per heavy atom. The van der Waals surface area contributed by atoms with Crippen molar-refractivity contribution in [2.24, 2.45) is 0 Å². The van der Waals surface area contributed by atoms with Crippen LogP contribution in [0, 0.1) is 0 Å². The Morgan fingerprint density at radius 3 is 2.70 bits per heavy atom. The van der Waals surface area contributed by atoms with Crippen molar-refractivity contribution in [1.29, 1.82) is 0 Å². The number of rotatable bonds is 5. The lowest BCUT2D eigenvalue weighted by atomic mass is 10.0. The molecule has 2 nitrogen and oxygen atoms in total. The molecule has 0 radical (unpaired) electrons. The first-order valence-electron chi connectivity index (χ1n) is 6.76. The van der Waals surface area contributed by atoms with Crippen LogP contribution in [0.5, 0.6) is 5.75 Å². The summed E-state index contributed by atoms with van der Waals surface area (Å²) in [5.41, 5.74) is 1.71. The molecule has 2 aromatic carbocycles. The summed E-state index contributed by atoms with van der Waals surface area (Å²) in [5, 5.41) is 0. The largest absolute Gasteiger partial charge is 0.490 e. The number of carbonyl (C=O) groups is 1. The molecular formula is C17H15BrO2. The second kappa shape index (κ2) is 5.80. The maximum Gasteiger partial charge on any atom is 0.167 e. The highest BCUT2D eigenvalue weighted by atomic mass is 79.9. The summed E-state index contributed by atoms with van der Waals surface area (Å²) in [5.74, 6) is 0.906. The topological polar surface area (TPSA) is 26.3 Å². The number of benzene rings is 2. The number of carbonyl (C=O) groups excluding carboxylic acids is 1. The molecule has 1 aliphatic carbocycles. The van der Waals surface area contributed by atoms with Crippen molar-refractivity contribution >= 4 is 21.7 Å². The summed E-state index contributed by atoms with van der Waals surface area (Å²) in [6, 6.07) is 15.3. The zero-order valence-corrected chi connectivity index (χ0v) is 12.6. The van der Waals surface area contributed by atoms with Crippen molar-refractivity contribution in [3.05, 3.63) is 64.1 Å². The Bertz CT molecular complexity index is 632. The smallest absolute Gasteiger partial charge is 0.167 e. The number of ether oxygens (including phenoxy) is 1. The predicted octanol–water partition coefficient (Wildman–Crippen LogP) is 4.42. The molecule has 2 aromatic rings. The summed E-state index contributed by atoms with van der Waals surface area (Å²) < 4.78 is 6.70. The molecule has 0 saturated heterocycles. The molecule has 1 aliphatic rings. The minimum Gasteiger partial charge on any atom is -0.490 e. The van der Waals surface area contributed by atoms with Gasteiger partial charge in [0.1, 0.15) is 5.75 Å². The molecule has 0 unspecified atom stereocenters. The fraction of sp³-hybridized carbons (Fsp3) is 0.235. The van der Waals surface area contributed by atoms with E-state index in [9.17, 15) is 4.79 Å². The Hall–Kier alpha value is -1.61. The van der Waals surface area contributed by atoms with Gasteiger partial charge >= 0.3 is 0 Å². The SMILES string of the molecule is O=C(Cc1ccccc1Br)c1cccc(OC2CC2)c1. The van der Waals surface area contributed by atoms with Crippen LogP contribution in [0.4, 0.5) is 0 Å². The average molecular weight is 331 g/mol. The van der Waals surface area contributed by atoms with E-state index < -0.39 is 0 Å². The molecule has 0 heterocycles. The van der Waals surface area contributed by atoms with Gasteiger partial charge in [-0.25, -0.2) is 0 Å². The van der Waals surface area contributed by atoms with Crippen molar-refractivity contribution in [2.75, 3.05) is 0 Å². The second-order valence-corrected chi connectivity index (χ2v) is 5.89. The lowest BCUT2D eigenvalue weighted by Crippen LogP contribution is -2.05. The third-order valence-electron chi connectivity index (χ3n) is 3.29. The first-order valence-corrected chi connectivity index (χ1v) is 7.55. The third-order valence-corrected chi connectivity index (χ3v) is 4.07. The van der Waals surface area contributed by atoms with Gasteiger partial charge in [0.2, 0.25) is 0 Å². The summed E-state index contributed by atoms with van der Waals surface area (Å²) in [7, 11) is 0. The Balaban J connectivity index is 1.74. The van der Waals surface area contributed by atoms with Gasteiger partial charge in [-0.1, -0.05) is 46.3 Å². The molecule has 1 saturated carbocycles. The molecule has 0 spiro atoms. The van der Waals surface area contributed by atoms with Gasteiger partial charge in [0, 0.05) is 16.5 Å². The molecule has 0 N–H and O–H groups in total. The molecule has 102 valence electrons. The van der Waals surface area contributed by atoms with E-state index in [1.54, 1.807) is 0 Å². The normalized spacial score (nSPS) is 14.1. The number of halogens is 1. The van der Waals surface area contributed by atoms with E-state index in [2.05, 4.69) is 15.9 Å². The van der Waals surface area contributed by atoms with E-state index in [-0.39, 0.29) is 5.78 Å². The second-order valence-electron chi connectivity index (χ2n) is 5.04. The zero-order valence-electron chi connectivity index (χ0n) is 11.0. The maximum atomic E-state index is 12.3. The quantitative estimate of drug-likeness (QED) is 0.759. The summed E-state index contributed by atoms with van der Waals surface area (Å²) in [6.07, 6.45) is 2.99. The number of Topliss-reactive ketones (excluding diaryl/α,β-unsaturated/α-hetero) is 1. The summed E-state index contributed by atoms with van der Waals surface area (Å²) >= 11 is 3.48. The molecule has 0 aliphatic heterocycles. The molecule has 3 heteroatoms. The molecule has 1 fully saturated rings.